The molecule has 0 amide bonds. The second-order valence-corrected chi connectivity index (χ2v) is 5.05. The van der Waals surface area contributed by atoms with Gasteiger partial charge in [0.05, 0.1) is 5.92 Å². The first-order chi connectivity index (χ1) is 6.79. The number of hydrogen-bond acceptors (Lipinski definition) is 2. The number of hydrogen-bond donors (Lipinski definition) is 0. The molecule has 0 radical (unpaired) electrons. The van der Waals surface area contributed by atoms with Crippen molar-refractivity contribution in [2.24, 2.45) is 16.7 Å². The Kier molecular flexibility index (Phi) is 0.952. The summed E-state index contributed by atoms with van der Waals surface area (Å²) in [4.78, 5) is 11.8. The molecule has 2 fully saturated rings. The van der Waals surface area contributed by atoms with Crippen LogP contribution in [-0.2, 0) is 9.53 Å². The summed E-state index contributed by atoms with van der Waals surface area (Å²) >= 11 is 0. The largest absolute Gasteiger partial charge is 0.458 e. The standard InChI is InChI=1S/C12H12O2/c13-10-9-11-4-1-2-5-12(9,11)7-8(14-10)3-6-11/h1-3,6,8-9H,4-5,7H2/t8-,9-,11?,12?/m0/s1. The van der Waals surface area contributed by atoms with Gasteiger partial charge in [-0.05, 0) is 25.3 Å². The van der Waals surface area contributed by atoms with E-state index in [1.165, 1.54) is 0 Å². The Bertz CT molecular complexity index is 395. The third kappa shape index (κ3) is 0.513. The second-order valence-electron chi connectivity index (χ2n) is 5.05. The molecule has 1 aliphatic heterocycles. The monoisotopic (exact) mass is 188 g/mol. The molecule has 1 saturated heterocycles. The van der Waals surface area contributed by atoms with Crippen molar-refractivity contribution in [3.05, 3.63) is 24.3 Å². The topological polar surface area (TPSA) is 26.3 Å². The van der Waals surface area contributed by atoms with Crippen LogP contribution in [-0.4, -0.2) is 12.1 Å². The Labute approximate surface area is 82.6 Å². The minimum atomic E-state index is 0.0509. The summed E-state index contributed by atoms with van der Waals surface area (Å²) in [7, 11) is 0. The Morgan fingerprint density at radius 2 is 2.21 bits per heavy atom. The smallest absolute Gasteiger partial charge is 0.311 e. The molecular weight excluding hydrogens is 176 g/mol. The van der Waals surface area contributed by atoms with Crippen molar-refractivity contribution in [2.45, 2.75) is 25.4 Å². The van der Waals surface area contributed by atoms with Crippen molar-refractivity contribution in [3.63, 3.8) is 0 Å². The molecule has 2 heteroatoms. The van der Waals surface area contributed by atoms with Gasteiger partial charge < -0.3 is 4.74 Å². The summed E-state index contributed by atoms with van der Waals surface area (Å²) in [5.41, 5.74) is 0.419. The van der Waals surface area contributed by atoms with E-state index in [9.17, 15) is 4.79 Å². The minimum absolute atomic E-state index is 0.0509. The Morgan fingerprint density at radius 3 is 3.14 bits per heavy atom. The Hall–Kier alpha value is -1.05. The van der Waals surface area contributed by atoms with Crippen molar-refractivity contribution in [2.75, 3.05) is 0 Å². The number of fused-ring (bicyclic) bond motifs is 1. The lowest BCUT2D eigenvalue weighted by atomic mass is 9.76. The quantitative estimate of drug-likeness (QED) is 0.428. The van der Waals surface area contributed by atoms with Gasteiger partial charge in [0.25, 0.3) is 0 Å². The summed E-state index contributed by atoms with van der Waals surface area (Å²) < 4.78 is 5.36. The van der Waals surface area contributed by atoms with Crippen LogP contribution in [0.4, 0.5) is 0 Å². The van der Waals surface area contributed by atoms with Crippen LogP contribution in [0.5, 0.6) is 0 Å². The van der Waals surface area contributed by atoms with Gasteiger partial charge in [0, 0.05) is 10.8 Å². The van der Waals surface area contributed by atoms with Crippen molar-refractivity contribution in [1.29, 1.82) is 0 Å². The fourth-order valence-electron chi connectivity index (χ4n) is 4.06. The van der Waals surface area contributed by atoms with E-state index in [1.54, 1.807) is 0 Å². The van der Waals surface area contributed by atoms with Crippen LogP contribution in [0.3, 0.4) is 0 Å². The first kappa shape index (κ1) is 7.27. The molecule has 4 aliphatic rings. The average Bonchev–Trinajstić information content (AvgIpc) is 2.83. The SMILES string of the molecule is O=C1O[C@H]2C=CC34CC=CCC3(C2)[C@@H]14. The van der Waals surface area contributed by atoms with Crippen LogP contribution < -0.4 is 0 Å². The number of esters is 1. The highest BCUT2D eigenvalue weighted by Gasteiger charge is 2.81. The summed E-state index contributed by atoms with van der Waals surface area (Å²) in [6, 6.07) is 0. The lowest BCUT2D eigenvalue weighted by Crippen LogP contribution is -2.31. The molecule has 2 nitrogen and oxygen atoms in total. The van der Waals surface area contributed by atoms with Crippen LogP contribution in [0.1, 0.15) is 19.3 Å². The summed E-state index contributed by atoms with van der Waals surface area (Å²) in [5, 5.41) is 0. The van der Waals surface area contributed by atoms with Gasteiger partial charge in [0.15, 0.2) is 0 Å². The lowest BCUT2D eigenvalue weighted by molar-refractivity contribution is -0.154. The molecule has 4 atom stereocenters. The van der Waals surface area contributed by atoms with Gasteiger partial charge in [-0.25, -0.2) is 0 Å². The molecule has 1 heterocycles. The molecule has 14 heavy (non-hydrogen) atoms. The van der Waals surface area contributed by atoms with Gasteiger partial charge >= 0.3 is 5.97 Å². The van der Waals surface area contributed by atoms with E-state index in [0.29, 0.717) is 0 Å². The van der Waals surface area contributed by atoms with Crippen molar-refractivity contribution < 1.29 is 9.53 Å². The van der Waals surface area contributed by atoms with Crippen LogP contribution in [0.15, 0.2) is 24.3 Å². The molecule has 2 bridgehead atoms. The number of carbonyl (C=O) groups excluding carboxylic acids is 1. The fraction of sp³-hybridized carbons (Fsp3) is 0.583. The molecule has 3 aliphatic carbocycles. The molecule has 0 aromatic rings. The fourth-order valence-corrected chi connectivity index (χ4v) is 4.06. The maximum Gasteiger partial charge on any atom is 0.311 e. The first-order valence-corrected chi connectivity index (χ1v) is 5.33. The molecule has 4 rings (SSSR count). The van der Waals surface area contributed by atoms with Gasteiger partial charge in [0.2, 0.25) is 0 Å². The summed E-state index contributed by atoms with van der Waals surface area (Å²) in [6.45, 7) is 0. The number of rotatable bonds is 0. The summed E-state index contributed by atoms with van der Waals surface area (Å²) in [6.07, 6.45) is 12.1. The van der Waals surface area contributed by atoms with E-state index in [-0.39, 0.29) is 28.8 Å². The predicted octanol–water partition coefficient (Wildman–Crippen LogP) is 1.82. The lowest BCUT2D eigenvalue weighted by Gasteiger charge is -2.32. The third-order valence-corrected chi connectivity index (χ3v) is 4.69. The number of carbonyl (C=O) groups is 1. The van der Waals surface area contributed by atoms with Crippen LogP contribution in [0.25, 0.3) is 0 Å². The van der Waals surface area contributed by atoms with Crippen molar-refractivity contribution >= 4 is 5.97 Å². The van der Waals surface area contributed by atoms with Gasteiger partial charge in [-0.15, -0.1) is 0 Å². The van der Waals surface area contributed by atoms with Crippen molar-refractivity contribution in [3.8, 4) is 0 Å². The summed E-state index contributed by atoms with van der Waals surface area (Å²) in [5.74, 6) is 0.218. The van der Waals surface area contributed by atoms with Crippen LogP contribution >= 0.6 is 0 Å². The maximum absolute atomic E-state index is 11.8. The Balaban J connectivity index is 1.94. The molecule has 2 unspecified atom stereocenters. The van der Waals surface area contributed by atoms with Crippen LogP contribution in [0.2, 0.25) is 0 Å². The normalized spacial score (nSPS) is 56.4. The van der Waals surface area contributed by atoms with Gasteiger partial charge in [-0.1, -0.05) is 18.2 Å². The molecule has 72 valence electrons. The molecule has 1 spiro atoms. The predicted molar refractivity (Wildman–Crippen MR) is 50.4 cm³/mol. The second kappa shape index (κ2) is 1.83. The average molecular weight is 188 g/mol. The first-order valence-electron chi connectivity index (χ1n) is 5.33. The van der Waals surface area contributed by atoms with E-state index >= 15 is 0 Å². The zero-order valence-electron chi connectivity index (χ0n) is 7.90. The maximum atomic E-state index is 11.8. The highest BCUT2D eigenvalue weighted by Crippen LogP contribution is 2.80. The third-order valence-electron chi connectivity index (χ3n) is 4.69. The van der Waals surface area contributed by atoms with E-state index in [1.807, 2.05) is 0 Å². The molecule has 0 N–H and O–H groups in total. The minimum Gasteiger partial charge on any atom is -0.458 e. The zero-order valence-corrected chi connectivity index (χ0v) is 7.90. The number of allylic oxidation sites excluding steroid dienone is 3. The van der Waals surface area contributed by atoms with E-state index < -0.39 is 0 Å². The van der Waals surface area contributed by atoms with Gasteiger partial charge in [-0.2, -0.15) is 0 Å². The Morgan fingerprint density at radius 1 is 1.36 bits per heavy atom. The highest BCUT2D eigenvalue weighted by molar-refractivity contribution is 5.83. The van der Waals surface area contributed by atoms with E-state index in [0.717, 1.165) is 19.3 Å². The van der Waals surface area contributed by atoms with Gasteiger partial charge in [-0.3, -0.25) is 4.79 Å². The van der Waals surface area contributed by atoms with Crippen molar-refractivity contribution in [1.82, 2.24) is 0 Å². The highest BCUT2D eigenvalue weighted by atomic mass is 16.5. The van der Waals surface area contributed by atoms with E-state index in [2.05, 4.69) is 24.3 Å². The van der Waals surface area contributed by atoms with E-state index in [4.69, 9.17) is 4.74 Å². The molecule has 1 saturated carbocycles. The molecule has 0 aromatic carbocycles. The van der Waals surface area contributed by atoms with Crippen LogP contribution in [0, 0.1) is 16.7 Å². The van der Waals surface area contributed by atoms with Gasteiger partial charge in [0.1, 0.15) is 6.10 Å². The zero-order chi connectivity index (χ0) is 9.39. The number of ether oxygens (including phenoxy) is 1. The molecular formula is C12H12O2. The molecule has 0 aromatic heterocycles.